The van der Waals surface area contributed by atoms with Crippen LogP contribution in [0, 0.1) is 5.92 Å². The molecule has 0 aromatic heterocycles. The number of rotatable bonds is 5. The number of hydrogen-bond acceptors (Lipinski definition) is 5. The Morgan fingerprint density at radius 1 is 0.944 bits per heavy atom. The first-order valence-electron chi connectivity index (χ1n) is 12.4. The van der Waals surface area contributed by atoms with E-state index in [-0.39, 0.29) is 17.9 Å². The highest BCUT2D eigenvalue weighted by atomic mass is 35.5. The number of nitrogens with zero attached hydrogens (tertiary/aromatic N) is 5. The molecule has 5 rings (SSSR count). The van der Waals surface area contributed by atoms with Gasteiger partial charge in [-0.05, 0) is 48.7 Å². The van der Waals surface area contributed by atoms with Crippen molar-refractivity contribution in [2.45, 2.75) is 44.7 Å². The highest BCUT2D eigenvalue weighted by Crippen LogP contribution is 2.43. The molecular formula is C26H29Cl4N5O. The van der Waals surface area contributed by atoms with Crippen LogP contribution in [0.5, 0.6) is 0 Å². The molecule has 2 aromatic carbocycles. The van der Waals surface area contributed by atoms with Gasteiger partial charge in [0.2, 0.25) is 0 Å². The van der Waals surface area contributed by atoms with Crippen LogP contribution in [0.3, 0.4) is 0 Å². The van der Waals surface area contributed by atoms with Crippen LogP contribution in [-0.2, 0) is 4.79 Å². The molecule has 0 N–H and O–H groups in total. The van der Waals surface area contributed by atoms with Crippen LogP contribution in [0.15, 0.2) is 47.6 Å². The molecule has 6 nitrogen and oxygen atoms in total. The first kappa shape index (κ1) is 26.1. The van der Waals surface area contributed by atoms with Crippen molar-refractivity contribution in [3.05, 3.63) is 63.1 Å². The topological polar surface area (TPSA) is 42.4 Å². The number of hydrogen-bond donors (Lipinski definition) is 0. The van der Waals surface area contributed by atoms with Crippen LogP contribution >= 0.6 is 46.6 Å². The summed E-state index contributed by atoms with van der Waals surface area (Å²) in [7, 11) is 0. The number of halogens is 4. The molecule has 192 valence electrons. The fourth-order valence-corrected chi connectivity index (χ4v) is 6.43. The maximum atomic E-state index is 13.6. The summed E-state index contributed by atoms with van der Waals surface area (Å²) in [5.74, 6) is -0.559. The van der Waals surface area contributed by atoms with E-state index < -0.39 is 0 Å². The summed E-state index contributed by atoms with van der Waals surface area (Å²) in [5, 5.41) is 10.1. The molecule has 0 radical (unpaired) electrons. The summed E-state index contributed by atoms with van der Waals surface area (Å²) >= 11 is 25.5. The Labute approximate surface area is 232 Å². The van der Waals surface area contributed by atoms with Gasteiger partial charge < -0.3 is 0 Å². The van der Waals surface area contributed by atoms with Gasteiger partial charge in [0.1, 0.15) is 5.71 Å². The lowest BCUT2D eigenvalue weighted by Gasteiger charge is -2.40. The number of carbonyl (C=O) groups is 1. The van der Waals surface area contributed by atoms with Crippen LogP contribution < -0.4 is 5.01 Å². The van der Waals surface area contributed by atoms with Gasteiger partial charge >= 0.3 is 0 Å². The Kier molecular flexibility index (Phi) is 8.01. The molecule has 2 aromatic rings. The lowest BCUT2D eigenvalue weighted by Crippen LogP contribution is -2.55. The standard InChI is InChI=1S/C26H29Cl4N5O/c1-17-24(26(36)35(30)33-14-12-32(13-15-33)21-4-2-3-5-21)31-34(23-11-10-20(28)16-22(23)29)25(17)18-6-8-19(27)9-7-18/h6-11,16-17,21,25H,2-5,12-15H2,1H3/t17-,25+/m1/s1. The Hall–Kier alpha value is -1.54. The molecule has 0 unspecified atom stereocenters. The molecule has 2 heterocycles. The minimum atomic E-state index is -0.315. The maximum Gasteiger partial charge on any atom is 0.299 e. The molecule has 0 spiro atoms. The van der Waals surface area contributed by atoms with E-state index in [0.29, 0.717) is 45.6 Å². The minimum Gasteiger partial charge on any atom is -0.298 e. The van der Waals surface area contributed by atoms with Crippen molar-refractivity contribution in [3.63, 3.8) is 0 Å². The van der Waals surface area contributed by atoms with Crippen LogP contribution in [0.1, 0.15) is 44.2 Å². The fourth-order valence-electron chi connectivity index (χ4n) is 5.57. The zero-order valence-corrected chi connectivity index (χ0v) is 23.1. The zero-order chi connectivity index (χ0) is 25.4. The second kappa shape index (κ2) is 11.1. The van der Waals surface area contributed by atoms with Crippen LogP contribution in [0.2, 0.25) is 15.1 Å². The van der Waals surface area contributed by atoms with Gasteiger partial charge in [-0.3, -0.25) is 14.7 Å². The van der Waals surface area contributed by atoms with E-state index in [2.05, 4.69) is 4.90 Å². The number of hydrazine groups is 1. The number of amides is 1. The Morgan fingerprint density at radius 2 is 1.58 bits per heavy atom. The van der Waals surface area contributed by atoms with Gasteiger partial charge in [-0.25, -0.2) is 5.01 Å². The van der Waals surface area contributed by atoms with E-state index in [1.165, 1.54) is 30.2 Å². The molecule has 2 atom stereocenters. The molecule has 1 amide bonds. The summed E-state index contributed by atoms with van der Waals surface area (Å²) in [6, 6.07) is 13.2. The average Bonchev–Trinajstić information content (AvgIpc) is 3.53. The number of carbonyl (C=O) groups excluding carboxylic acids is 1. The lowest BCUT2D eigenvalue weighted by atomic mass is 9.91. The Bertz CT molecular complexity index is 1130. The van der Waals surface area contributed by atoms with Crippen LogP contribution in [-0.4, -0.2) is 58.3 Å². The second-order valence-corrected chi connectivity index (χ2v) is 11.3. The van der Waals surface area contributed by atoms with Crippen molar-refractivity contribution in [2.24, 2.45) is 11.0 Å². The van der Waals surface area contributed by atoms with E-state index in [9.17, 15) is 4.79 Å². The molecule has 0 bridgehead atoms. The number of piperazine rings is 1. The van der Waals surface area contributed by atoms with Crippen molar-refractivity contribution in [1.82, 2.24) is 14.4 Å². The van der Waals surface area contributed by atoms with E-state index in [4.69, 9.17) is 51.7 Å². The predicted molar refractivity (Wildman–Crippen MR) is 148 cm³/mol. The fraction of sp³-hybridized carbons (Fsp3) is 0.462. The van der Waals surface area contributed by atoms with Crippen molar-refractivity contribution in [2.75, 3.05) is 31.2 Å². The van der Waals surface area contributed by atoms with E-state index in [0.717, 1.165) is 18.7 Å². The van der Waals surface area contributed by atoms with E-state index >= 15 is 0 Å². The monoisotopic (exact) mass is 567 g/mol. The van der Waals surface area contributed by atoms with Gasteiger partial charge in [0.15, 0.2) is 0 Å². The number of benzene rings is 2. The second-order valence-electron chi connectivity index (χ2n) is 9.70. The molecule has 1 saturated carbocycles. The highest BCUT2D eigenvalue weighted by Gasteiger charge is 2.42. The quantitative estimate of drug-likeness (QED) is 0.378. The largest absolute Gasteiger partial charge is 0.299 e. The third kappa shape index (κ3) is 5.22. The summed E-state index contributed by atoms with van der Waals surface area (Å²) in [6.07, 6.45) is 5.16. The average molecular weight is 569 g/mol. The molecule has 2 fully saturated rings. The van der Waals surface area contributed by atoms with E-state index in [1.807, 2.05) is 42.3 Å². The van der Waals surface area contributed by atoms with Gasteiger partial charge in [0.05, 0.1) is 16.8 Å². The predicted octanol–water partition coefficient (Wildman–Crippen LogP) is 6.66. The Balaban J connectivity index is 1.38. The van der Waals surface area contributed by atoms with Crippen LogP contribution in [0.25, 0.3) is 0 Å². The van der Waals surface area contributed by atoms with Gasteiger partial charge in [0, 0.05) is 60.0 Å². The highest BCUT2D eigenvalue weighted by molar-refractivity contribution is 6.46. The minimum absolute atomic E-state index is 0.244. The third-order valence-electron chi connectivity index (χ3n) is 7.52. The lowest BCUT2D eigenvalue weighted by molar-refractivity contribution is -0.132. The zero-order valence-electron chi connectivity index (χ0n) is 20.1. The normalized spacial score (nSPS) is 23.8. The van der Waals surface area contributed by atoms with E-state index in [1.54, 1.807) is 17.1 Å². The van der Waals surface area contributed by atoms with Gasteiger partial charge in [-0.1, -0.05) is 66.7 Å². The van der Waals surface area contributed by atoms with Crippen molar-refractivity contribution < 1.29 is 4.79 Å². The molecule has 2 aliphatic heterocycles. The number of hydrazone groups is 1. The van der Waals surface area contributed by atoms with Gasteiger partial charge in [-0.2, -0.15) is 9.63 Å². The summed E-state index contributed by atoms with van der Waals surface area (Å²) in [4.78, 5) is 16.2. The summed E-state index contributed by atoms with van der Waals surface area (Å²) in [5.41, 5.74) is 2.02. The SMILES string of the molecule is C[C@@H]1C(C(=O)N(Cl)N2CCN(C3CCCC3)CC2)=NN(c2ccc(Cl)cc2Cl)[C@@H]1c1ccc(Cl)cc1. The summed E-state index contributed by atoms with van der Waals surface area (Å²) in [6.45, 7) is 5.22. The van der Waals surface area contributed by atoms with Crippen molar-refractivity contribution in [3.8, 4) is 0 Å². The van der Waals surface area contributed by atoms with Crippen LogP contribution in [0.4, 0.5) is 5.69 Å². The molecule has 10 heteroatoms. The van der Waals surface area contributed by atoms with Gasteiger partial charge in [-0.15, -0.1) is 0 Å². The number of anilines is 1. The molecule has 1 aliphatic carbocycles. The first-order valence-corrected chi connectivity index (χ1v) is 13.9. The van der Waals surface area contributed by atoms with Crippen molar-refractivity contribution in [1.29, 1.82) is 0 Å². The van der Waals surface area contributed by atoms with Crippen molar-refractivity contribution >= 4 is 63.9 Å². The first-order chi connectivity index (χ1) is 17.3. The third-order valence-corrected chi connectivity index (χ3v) is 8.68. The smallest absolute Gasteiger partial charge is 0.298 e. The molecule has 36 heavy (non-hydrogen) atoms. The van der Waals surface area contributed by atoms with Gasteiger partial charge in [0.25, 0.3) is 5.91 Å². The Morgan fingerprint density at radius 3 is 2.22 bits per heavy atom. The maximum absolute atomic E-state index is 13.6. The molecular weight excluding hydrogens is 540 g/mol. The summed E-state index contributed by atoms with van der Waals surface area (Å²) < 4.78 is 1.23. The molecule has 1 saturated heterocycles. The molecule has 3 aliphatic rings.